The molecular weight excluding hydrogens is 432 g/mol. The van der Waals surface area contributed by atoms with Gasteiger partial charge in [-0.1, -0.05) is 53.7 Å². The third-order valence-corrected chi connectivity index (χ3v) is 5.77. The van der Waals surface area contributed by atoms with Crippen molar-refractivity contribution in [1.82, 2.24) is 15.2 Å². The Morgan fingerprint density at radius 1 is 1.03 bits per heavy atom. The second kappa shape index (κ2) is 10.1. The van der Waals surface area contributed by atoms with Crippen LogP contribution in [0.3, 0.4) is 0 Å². The van der Waals surface area contributed by atoms with Crippen LogP contribution in [-0.2, 0) is 12.4 Å². The predicted octanol–water partition coefficient (Wildman–Crippen LogP) is 5.58. The lowest BCUT2D eigenvalue weighted by molar-refractivity contribution is 0.102. The third-order valence-electron chi connectivity index (χ3n) is 4.45. The molecule has 0 fully saturated rings. The molecule has 8 heteroatoms. The Morgan fingerprint density at radius 2 is 1.81 bits per heavy atom. The fraction of sp³-hybridized carbons (Fsp3) is 0.0870. The van der Waals surface area contributed by atoms with Gasteiger partial charge in [0.25, 0.3) is 5.91 Å². The fourth-order valence-corrected chi connectivity index (χ4v) is 3.71. The van der Waals surface area contributed by atoms with E-state index >= 15 is 0 Å². The molecule has 3 aromatic carbocycles. The van der Waals surface area contributed by atoms with Crippen LogP contribution in [0.4, 0.5) is 5.69 Å². The maximum atomic E-state index is 12.5. The Bertz CT molecular complexity index is 1130. The SMILES string of the molecule is O=C(Nc1ccc(OCc2ccccc2Cl)cc1)c1ccc(CSc2ncn[nH]2)cc1. The van der Waals surface area contributed by atoms with E-state index in [9.17, 15) is 4.79 Å². The first-order valence-corrected chi connectivity index (χ1v) is 10.9. The van der Waals surface area contributed by atoms with E-state index in [1.165, 1.54) is 6.33 Å². The fourth-order valence-electron chi connectivity index (χ4n) is 2.78. The number of hydrogen-bond donors (Lipinski definition) is 2. The van der Waals surface area contributed by atoms with Crippen LogP contribution < -0.4 is 10.1 Å². The van der Waals surface area contributed by atoms with Crippen LogP contribution in [0.5, 0.6) is 5.75 Å². The minimum Gasteiger partial charge on any atom is -0.489 e. The van der Waals surface area contributed by atoms with Crippen LogP contribution in [-0.4, -0.2) is 21.1 Å². The van der Waals surface area contributed by atoms with Crippen molar-refractivity contribution in [2.75, 3.05) is 5.32 Å². The van der Waals surface area contributed by atoms with E-state index in [0.717, 1.165) is 22.0 Å². The van der Waals surface area contributed by atoms with E-state index in [4.69, 9.17) is 16.3 Å². The van der Waals surface area contributed by atoms with E-state index in [2.05, 4.69) is 20.5 Å². The number of ether oxygens (including phenoxy) is 1. The molecule has 1 aromatic heterocycles. The van der Waals surface area contributed by atoms with E-state index in [-0.39, 0.29) is 5.91 Å². The van der Waals surface area contributed by atoms with Gasteiger partial charge in [-0.3, -0.25) is 9.89 Å². The number of nitrogens with zero attached hydrogens (tertiary/aromatic N) is 2. The lowest BCUT2D eigenvalue weighted by atomic mass is 10.1. The summed E-state index contributed by atoms with van der Waals surface area (Å²) in [6.45, 7) is 0.381. The summed E-state index contributed by atoms with van der Waals surface area (Å²) in [5.41, 5.74) is 3.30. The highest BCUT2D eigenvalue weighted by Crippen LogP contribution is 2.21. The smallest absolute Gasteiger partial charge is 0.255 e. The second-order valence-electron chi connectivity index (χ2n) is 6.63. The number of aromatic amines is 1. The molecule has 0 unspecified atom stereocenters. The van der Waals surface area contributed by atoms with Crippen LogP contribution in [0.2, 0.25) is 5.02 Å². The number of benzene rings is 3. The zero-order valence-corrected chi connectivity index (χ0v) is 18.0. The molecule has 1 heterocycles. The maximum Gasteiger partial charge on any atom is 0.255 e. The summed E-state index contributed by atoms with van der Waals surface area (Å²) in [6, 6.07) is 22.3. The molecular formula is C23H19ClN4O2S. The van der Waals surface area contributed by atoms with Gasteiger partial charge in [-0.2, -0.15) is 5.10 Å². The lowest BCUT2D eigenvalue weighted by Crippen LogP contribution is -2.11. The van der Waals surface area contributed by atoms with Gasteiger partial charge in [0.2, 0.25) is 0 Å². The molecule has 0 aliphatic carbocycles. The topological polar surface area (TPSA) is 79.9 Å². The Kier molecular flexibility index (Phi) is 6.86. The first-order valence-electron chi connectivity index (χ1n) is 9.52. The van der Waals surface area contributed by atoms with Crippen molar-refractivity contribution in [1.29, 1.82) is 0 Å². The molecule has 4 aromatic rings. The highest BCUT2D eigenvalue weighted by Gasteiger charge is 2.07. The molecule has 6 nitrogen and oxygen atoms in total. The van der Waals surface area contributed by atoms with Crippen LogP contribution in [0.1, 0.15) is 21.5 Å². The number of nitrogens with one attached hydrogen (secondary N) is 2. The van der Waals surface area contributed by atoms with Crippen molar-refractivity contribution in [3.8, 4) is 5.75 Å². The van der Waals surface area contributed by atoms with Crippen molar-refractivity contribution in [3.05, 3.63) is 101 Å². The standard InChI is InChI=1S/C23H19ClN4O2S/c24-21-4-2-1-3-18(21)13-30-20-11-9-19(10-12-20)27-22(29)17-7-5-16(6-8-17)14-31-23-25-15-26-28-23/h1-12,15H,13-14H2,(H,27,29)(H,25,26,28). The number of rotatable bonds is 8. The van der Waals surface area contributed by atoms with E-state index in [0.29, 0.717) is 28.6 Å². The number of amides is 1. The zero-order valence-electron chi connectivity index (χ0n) is 16.4. The molecule has 0 bridgehead atoms. The Morgan fingerprint density at radius 3 is 2.52 bits per heavy atom. The van der Waals surface area contributed by atoms with Crippen LogP contribution in [0, 0.1) is 0 Å². The van der Waals surface area contributed by atoms with Gasteiger partial charge in [0.05, 0.1) is 0 Å². The number of anilines is 1. The molecule has 0 radical (unpaired) electrons. The van der Waals surface area contributed by atoms with Crippen molar-refractivity contribution < 1.29 is 9.53 Å². The molecule has 1 amide bonds. The normalized spacial score (nSPS) is 10.6. The molecule has 156 valence electrons. The molecule has 0 spiro atoms. The van der Waals surface area contributed by atoms with Crippen LogP contribution in [0.25, 0.3) is 0 Å². The van der Waals surface area contributed by atoms with E-state index in [1.807, 2.05) is 72.8 Å². The molecule has 2 N–H and O–H groups in total. The number of thioether (sulfide) groups is 1. The monoisotopic (exact) mass is 450 g/mol. The van der Waals surface area contributed by atoms with Crippen molar-refractivity contribution in [2.24, 2.45) is 0 Å². The number of H-pyrrole nitrogens is 1. The summed E-state index contributed by atoms with van der Waals surface area (Å²) in [5, 5.41) is 11.0. The van der Waals surface area contributed by atoms with Gasteiger partial charge >= 0.3 is 0 Å². The van der Waals surface area contributed by atoms with Gasteiger partial charge in [-0.05, 0) is 48.0 Å². The zero-order chi connectivity index (χ0) is 21.5. The van der Waals surface area contributed by atoms with Gasteiger partial charge in [0.15, 0.2) is 5.16 Å². The first kappa shape index (κ1) is 21.0. The van der Waals surface area contributed by atoms with Gasteiger partial charge in [0.1, 0.15) is 18.7 Å². The average Bonchev–Trinajstić information content (AvgIpc) is 3.32. The molecule has 0 atom stereocenters. The summed E-state index contributed by atoms with van der Waals surface area (Å²) >= 11 is 7.70. The first-order chi connectivity index (χ1) is 15.2. The molecule has 4 rings (SSSR count). The summed E-state index contributed by atoms with van der Waals surface area (Å²) in [6.07, 6.45) is 1.48. The summed E-state index contributed by atoms with van der Waals surface area (Å²) in [7, 11) is 0. The number of carbonyl (C=O) groups is 1. The number of carbonyl (C=O) groups excluding carboxylic acids is 1. The number of halogens is 1. The number of hydrogen-bond acceptors (Lipinski definition) is 5. The molecule has 31 heavy (non-hydrogen) atoms. The second-order valence-corrected chi connectivity index (χ2v) is 8.01. The summed E-state index contributed by atoms with van der Waals surface area (Å²) < 4.78 is 5.77. The summed E-state index contributed by atoms with van der Waals surface area (Å²) in [5.74, 6) is 1.28. The highest BCUT2D eigenvalue weighted by atomic mass is 35.5. The minimum atomic E-state index is -0.167. The van der Waals surface area contributed by atoms with Crippen LogP contribution in [0.15, 0.2) is 84.3 Å². The van der Waals surface area contributed by atoms with Gasteiger partial charge < -0.3 is 10.1 Å². The van der Waals surface area contributed by atoms with Crippen LogP contribution >= 0.6 is 23.4 Å². The van der Waals surface area contributed by atoms with Gasteiger partial charge in [0, 0.05) is 27.6 Å². The minimum absolute atomic E-state index is 0.167. The molecule has 0 aliphatic rings. The molecule has 0 saturated heterocycles. The van der Waals surface area contributed by atoms with Gasteiger partial charge in [-0.25, -0.2) is 4.98 Å². The van der Waals surface area contributed by atoms with E-state index in [1.54, 1.807) is 11.8 Å². The quantitative estimate of drug-likeness (QED) is 0.342. The average molecular weight is 451 g/mol. The third kappa shape index (κ3) is 5.87. The van der Waals surface area contributed by atoms with Crippen molar-refractivity contribution >= 4 is 35.0 Å². The van der Waals surface area contributed by atoms with E-state index < -0.39 is 0 Å². The number of aromatic nitrogens is 3. The van der Waals surface area contributed by atoms with Crippen molar-refractivity contribution in [2.45, 2.75) is 17.5 Å². The largest absolute Gasteiger partial charge is 0.489 e. The van der Waals surface area contributed by atoms with Crippen molar-refractivity contribution in [3.63, 3.8) is 0 Å². The molecule has 0 aliphatic heterocycles. The lowest BCUT2D eigenvalue weighted by Gasteiger charge is -2.10. The highest BCUT2D eigenvalue weighted by molar-refractivity contribution is 7.98. The Labute approximate surface area is 189 Å². The maximum absolute atomic E-state index is 12.5. The van der Waals surface area contributed by atoms with Gasteiger partial charge in [-0.15, -0.1) is 0 Å². The Hall–Kier alpha value is -3.29. The predicted molar refractivity (Wildman–Crippen MR) is 123 cm³/mol. The molecule has 0 saturated carbocycles. The summed E-state index contributed by atoms with van der Waals surface area (Å²) in [4.78, 5) is 16.6. The Balaban J connectivity index is 1.29.